The maximum atomic E-state index is 14.9. The minimum Gasteiger partial charge on any atom is -0.477 e. The van der Waals surface area contributed by atoms with Gasteiger partial charge in [-0.1, -0.05) is 0 Å². The summed E-state index contributed by atoms with van der Waals surface area (Å²) < 4.78 is 16.7. The number of likely N-dealkylation sites (N-methyl/N-ethyl adjacent to an activating group) is 1. The van der Waals surface area contributed by atoms with Crippen molar-refractivity contribution in [2.24, 2.45) is 0 Å². The number of pyridine rings is 1. The standard InChI is InChI=1S/C18H20FN3O3S/c1-20-9-10-3-2-4-21(10)14-8-13-11(7-12(14)19)16(23)15(18(24)25)17-22(13)5-6-26-17/h7-8,10,20H,2-6,9H2,1H3,(H,24,25). The van der Waals surface area contributed by atoms with E-state index in [0.29, 0.717) is 28.5 Å². The average molecular weight is 377 g/mol. The quantitative estimate of drug-likeness (QED) is 0.850. The molecule has 0 amide bonds. The minimum atomic E-state index is -1.26. The number of nitrogens with one attached hydrogen (secondary N) is 1. The van der Waals surface area contributed by atoms with Crippen molar-refractivity contribution in [2.45, 2.75) is 30.5 Å². The minimum absolute atomic E-state index is 0.138. The highest BCUT2D eigenvalue weighted by Crippen LogP contribution is 2.35. The molecule has 0 spiro atoms. The van der Waals surface area contributed by atoms with Crippen molar-refractivity contribution in [3.8, 4) is 0 Å². The lowest BCUT2D eigenvalue weighted by Crippen LogP contribution is -2.37. The number of aryl methyl sites for hydroxylation is 1. The molecule has 4 rings (SSSR count). The lowest BCUT2D eigenvalue weighted by atomic mass is 10.1. The van der Waals surface area contributed by atoms with Crippen LogP contribution in [-0.2, 0) is 6.54 Å². The fourth-order valence-corrected chi connectivity index (χ4v) is 5.18. The average Bonchev–Trinajstić information content (AvgIpc) is 3.24. The van der Waals surface area contributed by atoms with Crippen LogP contribution in [0.3, 0.4) is 0 Å². The first-order chi connectivity index (χ1) is 12.5. The van der Waals surface area contributed by atoms with E-state index in [-0.39, 0.29) is 17.0 Å². The van der Waals surface area contributed by atoms with Gasteiger partial charge < -0.3 is 19.9 Å². The first-order valence-electron chi connectivity index (χ1n) is 8.70. The third kappa shape index (κ3) is 2.59. The fourth-order valence-electron chi connectivity index (χ4n) is 4.05. The van der Waals surface area contributed by atoms with Crippen LogP contribution in [0.25, 0.3) is 10.9 Å². The molecule has 0 saturated carbocycles. The zero-order chi connectivity index (χ0) is 18.4. The molecule has 8 heteroatoms. The number of thioether (sulfide) groups is 1. The van der Waals surface area contributed by atoms with E-state index >= 15 is 0 Å². The van der Waals surface area contributed by atoms with Crippen LogP contribution in [0.2, 0.25) is 0 Å². The molecule has 1 aromatic heterocycles. The monoisotopic (exact) mass is 377 g/mol. The Balaban J connectivity index is 1.94. The van der Waals surface area contributed by atoms with Gasteiger partial charge in [-0.2, -0.15) is 0 Å². The van der Waals surface area contributed by atoms with Gasteiger partial charge in [-0.05, 0) is 32.0 Å². The van der Waals surface area contributed by atoms with Gasteiger partial charge in [-0.3, -0.25) is 4.79 Å². The van der Waals surface area contributed by atoms with E-state index in [9.17, 15) is 19.1 Å². The van der Waals surface area contributed by atoms with Gasteiger partial charge in [0.15, 0.2) is 0 Å². The summed E-state index contributed by atoms with van der Waals surface area (Å²) in [7, 11) is 1.88. The van der Waals surface area contributed by atoms with E-state index in [1.165, 1.54) is 17.8 Å². The van der Waals surface area contributed by atoms with Crippen LogP contribution < -0.4 is 15.6 Å². The fraction of sp³-hybridized carbons (Fsp3) is 0.444. The Labute approximate surface area is 154 Å². The summed E-state index contributed by atoms with van der Waals surface area (Å²) in [6.45, 7) is 2.15. The van der Waals surface area contributed by atoms with Gasteiger partial charge in [-0.15, -0.1) is 11.8 Å². The summed E-state index contributed by atoms with van der Waals surface area (Å²) in [6.07, 6.45) is 1.99. The number of carboxylic acids is 1. The Hall–Kier alpha value is -2.06. The molecule has 0 radical (unpaired) electrons. The van der Waals surface area contributed by atoms with Crippen LogP contribution >= 0.6 is 11.8 Å². The van der Waals surface area contributed by atoms with E-state index in [4.69, 9.17) is 0 Å². The van der Waals surface area contributed by atoms with Crippen molar-refractivity contribution < 1.29 is 14.3 Å². The van der Waals surface area contributed by atoms with Gasteiger partial charge in [0.05, 0.1) is 16.2 Å². The van der Waals surface area contributed by atoms with Crippen molar-refractivity contribution in [1.29, 1.82) is 0 Å². The number of nitrogens with zero attached hydrogens (tertiary/aromatic N) is 2. The summed E-state index contributed by atoms with van der Waals surface area (Å²) in [5.41, 5.74) is 0.254. The van der Waals surface area contributed by atoms with Crippen LogP contribution in [0, 0.1) is 5.82 Å². The summed E-state index contributed by atoms with van der Waals surface area (Å²) in [5.74, 6) is -1.02. The molecule has 6 nitrogen and oxygen atoms in total. The summed E-state index contributed by atoms with van der Waals surface area (Å²) in [5, 5.41) is 13.2. The highest BCUT2D eigenvalue weighted by molar-refractivity contribution is 7.99. The zero-order valence-electron chi connectivity index (χ0n) is 14.4. The molecule has 0 aliphatic carbocycles. The SMILES string of the molecule is CNCC1CCCN1c1cc2c(cc1F)c(=O)c(C(=O)O)c1n2CCS1. The molecule has 2 N–H and O–H groups in total. The van der Waals surface area contributed by atoms with Crippen molar-refractivity contribution in [2.75, 3.05) is 30.8 Å². The number of fused-ring (bicyclic) bond motifs is 3. The van der Waals surface area contributed by atoms with E-state index in [1.807, 2.05) is 11.6 Å². The summed E-state index contributed by atoms with van der Waals surface area (Å²) >= 11 is 1.37. The zero-order valence-corrected chi connectivity index (χ0v) is 15.2. The van der Waals surface area contributed by atoms with Gasteiger partial charge in [0, 0.05) is 36.8 Å². The van der Waals surface area contributed by atoms with E-state index in [0.717, 1.165) is 25.9 Å². The van der Waals surface area contributed by atoms with Gasteiger partial charge in [-0.25, -0.2) is 9.18 Å². The number of aromatic carboxylic acids is 1. The van der Waals surface area contributed by atoms with Crippen LogP contribution in [0.15, 0.2) is 22.0 Å². The third-order valence-electron chi connectivity index (χ3n) is 5.18. The van der Waals surface area contributed by atoms with Gasteiger partial charge in [0.2, 0.25) is 5.43 Å². The summed E-state index contributed by atoms with van der Waals surface area (Å²) in [6, 6.07) is 3.15. The number of anilines is 1. The first kappa shape index (κ1) is 17.4. The molecule has 2 aliphatic rings. The molecule has 1 atom stereocenters. The normalized spacial score (nSPS) is 19.3. The molecule has 3 heterocycles. The molecule has 0 bridgehead atoms. The van der Waals surface area contributed by atoms with E-state index in [2.05, 4.69) is 10.2 Å². The predicted molar refractivity (Wildman–Crippen MR) is 100 cm³/mol. The topological polar surface area (TPSA) is 74.6 Å². The van der Waals surface area contributed by atoms with Crippen molar-refractivity contribution in [3.63, 3.8) is 0 Å². The number of hydrogen-bond acceptors (Lipinski definition) is 5. The van der Waals surface area contributed by atoms with Crippen molar-refractivity contribution in [1.82, 2.24) is 9.88 Å². The Kier molecular flexibility index (Phi) is 4.40. The predicted octanol–water partition coefficient (Wildman–Crippen LogP) is 2.13. The molecular weight excluding hydrogens is 357 g/mol. The van der Waals surface area contributed by atoms with E-state index in [1.54, 1.807) is 6.07 Å². The molecule has 1 aromatic carbocycles. The van der Waals surface area contributed by atoms with Gasteiger partial charge >= 0.3 is 5.97 Å². The number of carbonyl (C=O) groups is 1. The Morgan fingerprint density at radius 1 is 1.42 bits per heavy atom. The molecule has 1 saturated heterocycles. The Bertz CT molecular complexity index is 959. The maximum absolute atomic E-state index is 14.9. The Morgan fingerprint density at radius 3 is 2.96 bits per heavy atom. The van der Waals surface area contributed by atoms with Crippen LogP contribution in [0.5, 0.6) is 0 Å². The second kappa shape index (κ2) is 6.59. The van der Waals surface area contributed by atoms with Crippen molar-refractivity contribution >= 4 is 34.3 Å². The second-order valence-electron chi connectivity index (χ2n) is 6.68. The second-order valence-corrected chi connectivity index (χ2v) is 7.77. The molecular formula is C18H20FN3O3S. The van der Waals surface area contributed by atoms with Crippen LogP contribution in [0.1, 0.15) is 23.2 Å². The number of halogens is 1. The molecule has 1 fully saturated rings. The first-order valence-corrected chi connectivity index (χ1v) is 9.69. The van der Waals surface area contributed by atoms with Crippen LogP contribution in [0.4, 0.5) is 10.1 Å². The van der Waals surface area contributed by atoms with Gasteiger partial charge in [0.25, 0.3) is 0 Å². The third-order valence-corrected chi connectivity index (χ3v) is 6.27. The molecule has 2 aliphatic heterocycles. The number of benzene rings is 1. The largest absolute Gasteiger partial charge is 0.477 e. The molecule has 26 heavy (non-hydrogen) atoms. The highest BCUT2D eigenvalue weighted by Gasteiger charge is 2.30. The lowest BCUT2D eigenvalue weighted by molar-refractivity contribution is 0.0690. The molecule has 1 unspecified atom stereocenters. The number of aromatic nitrogens is 1. The lowest BCUT2D eigenvalue weighted by Gasteiger charge is -2.27. The maximum Gasteiger partial charge on any atom is 0.342 e. The van der Waals surface area contributed by atoms with Crippen LogP contribution in [-0.4, -0.2) is 47.6 Å². The Morgan fingerprint density at radius 2 is 2.23 bits per heavy atom. The molecule has 2 aromatic rings. The number of carboxylic acid groups (broad SMARTS) is 1. The smallest absolute Gasteiger partial charge is 0.342 e. The molecule has 138 valence electrons. The van der Waals surface area contributed by atoms with Crippen molar-refractivity contribution in [3.05, 3.63) is 33.7 Å². The number of hydrogen-bond donors (Lipinski definition) is 2. The number of rotatable bonds is 4. The summed E-state index contributed by atoms with van der Waals surface area (Å²) in [4.78, 5) is 26.3. The van der Waals surface area contributed by atoms with Gasteiger partial charge in [0.1, 0.15) is 11.4 Å². The highest BCUT2D eigenvalue weighted by atomic mass is 32.2. The van der Waals surface area contributed by atoms with E-state index < -0.39 is 17.2 Å².